The highest BCUT2D eigenvalue weighted by molar-refractivity contribution is 5.93. The number of aromatic carboxylic acids is 1. The van der Waals surface area contributed by atoms with E-state index >= 15 is 0 Å². The summed E-state index contributed by atoms with van der Waals surface area (Å²) in [7, 11) is 0. The van der Waals surface area contributed by atoms with Crippen molar-refractivity contribution in [3.8, 4) is 0 Å². The standard InChI is InChI=1S/C21H25N3O2/c25-21(26)19-8-9-22-14-20(19)23-13-16-5-3-4-15-12-17(6-7-18(15)16)24-10-1-2-11-24/h6-9,12,14,16,23H,1-5,10-11,13H2,(H,25,26)/t16-/m0/s1. The Labute approximate surface area is 154 Å². The van der Waals surface area contributed by atoms with Crippen LogP contribution in [0.25, 0.3) is 0 Å². The zero-order valence-electron chi connectivity index (χ0n) is 14.9. The normalized spacial score (nSPS) is 19.2. The molecule has 1 atom stereocenters. The van der Waals surface area contributed by atoms with E-state index in [9.17, 15) is 9.90 Å². The van der Waals surface area contributed by atoms with Gasteiger partial charge in [0.2, 0.25) is 0 Å². The summed E-state index contributed by atoms with van der Waals surface area (Å²) in [6, 6.07) is 8.46. The van der Waals surface area contributed by atoms with Gasteiger partial charge < -0.3 is 15.3 Å². The molecule has 1 aromatic heterocycles. The van der Waals surface area contributed by atoms with E-state index in [1.807, 2.05) is 0 Å². The second-order valence-electron chi connectivity index (χ2n) is 7.27. The molecule has 5 heteroatoms. The third kappa shape index (κ3) is 3.39. The van der Waals surface area contributed by atoms with Crippen molar-refractivity contribution in [1.29, 1.82) is 0 Å². The molecule has 0 unspecified atom stereocenters. The van der Waals surface area contributed by atoms with Crippen molar-refractivity contribution in [3.63, 3.8) is 0 Å². The molecule has 0 saturated carbocycles. The van der Waals surface area contributed by atoms with Crippen molar-refractivity contribution in [3.05, 3.63) is 53.3 Å². The van der Waals surface area contributed by atoms with Crippen LogP contribution in [0.1, 0.15) is 53.1 Å². The lowest BCUT2D eigenvalue weighted by Gasteiger charge is -2.28. The second kappa shape index (κ2) is 7.36. The first-order valence-corrected chi connectivity index (χ1v) is 9.51. The number of anilines is 2. The predicted molar refractivity (Wildman–Crippen MR) is 103 cm³/mol. The number of hydrogen-bond donors (Lipinski definition) is 2. The molecule has 2 N–H and O–H groups in total. The van der Waals surface area contributed by atoms with E-state index in [0.717, 1.165) is 19.4 Å². The third-order valence-electron chi connectivity index (χ3n) is 5.63. The molecule has 26 heavy (non-hydrogen) atoms. The van der Waals surface area contributed by atoms with E-state index in [4.69, 9.17) is 0 Å². The lowest BCUT2D eigenvalue weighted by atomic mass is 9.82. The molecule has 1 saturated heterocycles. The Morgan fingerprint density at radius 2 is 2.08 bits per heavy atom. The number of carboxylic acids is 1. The first-order valence-electron chi connectivity index (χ1n) is 9.51. The molecule has 4 rings (SSSR count). The highest BCUT2D eigenvalue weighted by Crippen LogP contribution is 2.35. The van der Waals surface area contributed by atoms with Crippen LogP contribution < -0.4 is 10.2 Å². The number of nitrogens with one attached hydrogen (secondary N) is 1. The molecule has 1 aliphatic carbocycles. The number of pyridine rings is 1. The Hall–Kier alpha value is -2.56. The highest BCUT2D eigenvalue weighted by atomic mass is 16.4. The van der Waals surface area contributed by atoms with Gasteiger partial charge in [-0.3, -0.25) is 4.98 Å². The number of aryl methyl sites for hydroxylation is 1. The van der Waals surface area contributed by atoms with E-state index in [2.05, 4.69) is 33.4 Å². The number of hydrogen-bond acceptors (Lipinski definition) is 4. The van der Waals surface area contributed by atoms with Gasteiger partial charge in [-0.25, -0.2) is 4.79 Å². The van der Waals surface area contributed by atoms with Gasteiger partial charge in [0, 0.05) is 37.4 Å². The fourth-order valence-corrected chi connectivity index (χ4v) is 4.24. The summed E-state index contributed by atoms with van der Waals surface area (Å²) < 4.78 is 0. The number of nitrogens with zero attached hydrogens (tertiary/aromatic N) is 2. The van der Waals surface area contributed by atoms with Crippen LogP contribution in [0.3, 0.4) is 0 Å². The summed E-state index contributed by atoms with van der Waals surface area (Å²) in [6.45, 7) is 3.08. The van der Waals surface area contributed by atoms with Crippen molar-refractivity contribution in [2.75, 3.05) is 29.9 Å². The molecule has 0 radical (unpaired) electrons. The minimum Gasteiger partial charge on any atom is -0.478 e. The third-order valence-corrected chi connectivity index (χ3v) is 5.63. The quantitative estimate of drug-likeness (QED) is 0.855. The molecule has 0 spiro atoms. The lowest BCUT2D eigenvalue weighted by Crippen LogP contribution is -2.21. The summed E-state index contributed by atoms with van der Waals surface area (Å²) in [5, 5.41) is 12.6. The van der Waals surface area contributed by atoms with Crippen LogP contribution in [0.2, 0.25) is 0 Å². The molecule has 1 aliphatic heterocycles. The van der Waals surface area contributed by atoms with E-state index in [0.29, 0.717) is 11.6 Å². The van der Waals surface area contributed by atoms with Crippen LogP contribution in [0.4, 0.5) is 11.4 Å². The van der Waals surface area contributed by atoms with Crippen LogP contribution >= 0.6 is 0 Å². The molecule has 0 bridgehead atoms. The van der Waals surface area contributed by atoms with Gasteiger partial charge in [-0.15, -0.1) is 0 Å². The smallest absolute Gasteiger partial charge is 0.337 e. The molecule has 2 heterocycles. The number of rotatable bonds is 5. The average Bonchev–Trinajstić information content (AvgIpc) is 3.21. The summed E-state index contributed by atoms with van der Waals surface area (Å²) in [6.07, 6.45) is 9.16. The number of carboxylic acid groups (broad SMARTS) is 1. The van der Waals surface area contributed by atoms with E-state index in [1.54, 1.807) is 12.3 Å². The van der Waals surface area contributed by atoms with Gasteiger partial charge in [-0.05, 0) is 61.4 Å². The lowest BCUT2D eigenvalue weighted by molar-refractivity contribution is 0.0698. The SMILES string of the molecule is O=C(O)c1ccncc1NC[C@@H]1CCCc2cc(N3CCCC3)ccc21. The Balaban J connectivity index is 1.50. The van der Waals surface area contributed by atoms with Crippen LogP contribution in [0, 0.1) is 0 Å². The monoisotopic (exact) mass is 351 g/mol. The molecular weight excluding hydrogens is 326 g/mol. The molecule has 2 aliphatic rings. The zero-order chi connectivity index (χ0) is 17.9. The second-order valence-corrected chi connectivity index (χ2v) is 7.27. The number of benzene rings is 1. The van der Waals surface area contributed by atoms with Gasteiger partial charge in [-0.1, -0.05) is 6.07 Å². The summed E-state index contributed by atoms with van der Waals surface area (Å²) in [5.41, 5.74) is 5.10. The van der Waals surface area contributed by atoms with Crippen molar-refractivity contribution in [2.45, 2.75) is 38.0 Å². The van der Waals surface area contributed by atoms with Gasteiger partial charge in [0.05, 0.1) is 17.4 Å². The minimum absolute atomic E-state index is 0.278. The number of carbonyl (C=O) groups is 1. The average molecular weight is 351 g/mol. The topological polar surface area (TPSA) is 65.5 Å². The van der Waals surface area contributed by atoms with E-state index in [1.165, 1.54) is 55.4 Å². The van der Waals surface area contributed by atoms with Crippen molar-refractivity contribution in [2.24, 2.45) is 0 Å². The minimum atomic E-state index is -0.922. The van der Waals surface area contributed by atoms with Crippen molar-refractivity contribution >= 4 is 17.3 Å². The Bertz CT molecular complexity index is 800. The van der Waals surface area contributed by atoms with E-state index < -0.39 is 5.97 Å². The first kappa shape index (κ1) is 16.9. The maximum Gasteiger partial charge on any atom is 0.337 e. The predicted octanol–water partition coefficient (Wildman–Crippen LogP) is 3.91. The Morgan fingerprint density at radius 3 is 2.88 bits per heavy atom. The van der Waals surface area contributed by atoms with Gasteiger partial charge in [-0.2, -0.15) is 0 Å². The molecule has 1 fully saturated rings. The first-order chi connectivity index (χ1) is 12.7. The zero-order valence-corrected chi connectivity index (χ0v) is 14.9. The van der Waals surface area contributed by atoms with E-state index in [-0.39, 0.29) is 5.56 Å². The maximum absolute atomic E-state index is 11.4. The fraction of sp³-hybridized carbons (Fsp3) is 0.429. The van der Waals surface area contributed by atoms with Crippen molar-refractivity contribution in [1.82, 2.24) is 4.98 Å². The van der Waals surface area contributed by atoms with Gasteiger partial charge >= 0.3 is 5.97 Å². The molecule has 136 valence electrons. The van der Waals surface area contributed by atoms with Crippen LogP contribution in [0.15, 0.2) is 36.7 Å². The fourth-order valence-electron chi connectivity index (χ4n) is 4.24. The maximum atomic E-state index is 11.4. The summed E-state index contributed by atoms with van der Waals surface area (Å²) in [4.78, 5) is 17.9. The van der Waals surface area contributed by atoms with Gasteiger partial charge in [0.25, 0.3) is 0 Å². The van der Waals surface area contributed by atoms with Gasteiger partial charge in [0.1, 0.15) is 0 Å². The highest BCUT2D eigenvalue weighted by Gasteiger charge is 2.22. The van der Waals surface area contributed by atoms with Gasteiger partial charge in [0.15, 0.2) is 0 Å². The molecule has 5 nitrogen and oxygen atoms in total. The Morgan fingerprint density at radius 1 is 1.23 bits per heavy atom. The summed E-state index contributed by atoms with van der Waals surface area (Å²) in [5.74, 6) is -0.512. The molecular formula is C21H25N3O2. The summed E-state index contributed by atoms with van der Waals surface area (Å²) >= 11 is 0. The molecule has 0 amide bonds. The number of aromatic nitrogens is 1. The van der Waals surface area contributed by atoms with Crippen molar-refractivity contribution < 1.29 is 9.90 Å². The largest absolute Gasteiger partial charge is 0.478 e. The molecule has 2 aromatic rings. The molecule has 1 aromatic carbocycles. The number of fused-ring (bicyclic) bond motifs is 1. The Kier molecular flexibility index (Phi) is 4.78. The van der Waals surface area contributed by atoms with Crippen LogP contribution in [0.5, 0.6) is 0 Å². The van der Waals surface area contributed by atoms with Crippen LogP contribution in [-0.2, 0) is 6.42 Å². The van der Waals surface area contributed by atoms with Crippen LogP contribution in [-0.4, -0.2) is 35.7 Å².